The fourth-order valence-electron chi connectivity index (χ4n) is 0.602. The Bertz CT molecular complexity index is 229. The minimum absolute atomic E-state index is 0.579. The van der Waals surface area contributed by atoms with E-state index in [2.05, 4.69) is 0 Å². The molecule has 0 radical (unpaired) electrons. The van der Waals surface area contributed by atoms with Crippen molar-refractivity contribution >= 4 is 29.0 Å². The molecule has 1 aromatic heterocycles. The second-order valence-corrected chi connectivity index (χ2v) is 3.53. The van der Waals surface area contributed by atoms with Gasteiger partial charge in [0.25, 0.3) is 0 Å². The summed E-state index contributed by atoms with van der Waals surface area (Å²) in [5.74, 6) is 0. The van der Waals surface area contributed by atoms with E-state index in [1.807, 2.05) is 24.3 Å². The van der Waals surface area contributed by atoms with Crippen molar-refractivity contribution < 1.29 is 0 Å². The molecule has 0 saturated heterocycles. The van der Waals surface area contributed by atoms with E-state index in [1.165, 1.54) is 0 Å². The second kappa shape index (κ2) is 3.76. The molecule has 0 bridgehead atoms. The van der Waals surface area contributed by atoms with E-state index >= 15 is 0 Å². The van der Waals surface area contributed by atoms with Gasteiger partial charge in [-0.25, -0.2) is 0 Å². The van der Waals surface area contributed by atoms with E-state index in [9.17, 15) is 0 Å². The van der Waals surface area contributed by atoms with Gasteiger partial charge in [-0.05, 0) is 18.2 Å². The monoisotopic (exact) mass is 173 g/mol. The predicted molar refractivity (Wildman–Crippen MR) is 47.4 cm³/mol. The Morgan fingerprint density at radius 2 is 2.40 bits per heavy atom. The van der Waals surface area contributed by atoms with E-state index < -0.39 is 0 Å². The third kappa shape index (κ3) is 2.14. The first kappa shape index (κ1) is 7.79. The third-order valence-electron chi connectivity index (χ3n) is 1.01. The SMILES string of the molecule is NCC=Cc1ccc(Cl)s1. The highest BCUT2D eigenvalue weighted by atomic mass is 35.5. The minimum atomic E-state index is 0.579. The van der Waals surface area contributed by atoms with Crippen molar-refractivity contribution in [1.29, 1.82) is 0 Å². The maximum absolute atomic E-state index is 5.69. The molecule has 54 valence electrons. The van der Waals surface area contributed by atoms with Gasteiger partial charge in [-0.1, -0.05) is 17.7 Å². The molecule has 1 aromatic rings. The highest BCUT2D eigenvalue weighted by molar-refractivity contribution is 7.16. The maximum atomic E-state index is 5.69. The molecule has 0 fully saturated rings. The summed E-state index contributed by atoms with van der Waals surface area (Å²) in [5, 5.41) is 0. The molecule has 0 unspecified atom stereocenters. The van der Waals surface area contributed by atoms with Crippen LogP contribution in [0.2, 0.25) is 4.34 Å². The molecule has 0 saturated carbocycles. The van der Waals surface area contributed by atoms with Gasteiger partial charge in [0.1, 0.15) is 0 Å². The van der Waals surface area contributed by atoms with Crippen molar-refractivity contribution in [2.24, 2.45) is 5.73 Å². The van der Waals surface area contributed by atoms with Crippen LogP contribution in [0.3, 0.4) is 0 Å². The van der Waals surface area contributed by atoms with Crippen LogP contribution in [0.15, 0.2) is 18.2 Å². The molecule has 0 amide bonds. The molecule has 1 nitrogen and oxygen atoms in total. The number of hydrogen-bond acceptors (Lipinski definition) is 2. The number of hydrogen-bond donors (Lipinski definition) is 1. The van der Waals surface area contributed by atoms with Gasteiger partial charge in [-0.15, -0.1) is 11.3 Å². The topological polar surface area (TPSA) is 26.0 Å². The number of halogens is 1. The minimum Gasteiger partial charge on any atom is -0.327 e. The summed E-state index contributed by atoms with van der Waals surface area (Å²) >= 11 is 7.24. The summed E-state index contributed by atoms with van der Waals surface area (Å²) in [4.78, 5) is 1.15. The lowest BCUT2D eigenvalue weighted by molar-refractivity contribution is 1.26. The first-order valence-electron chi connectivity index (χ1n) is 2.95. The molecule has 2 N–H and O–H groups in total. The maximum Gasteiger partial charge on any atom is 0.0934 e. The van der Waals surface area contributed by atoms with Crippen molar-refractivity contribution in [3.63, 3.8) is 0 Å². The Kier molecular flexibility index (Phi) is 2.93. The zero-order valence-electron chi connectivity index (χ0n) is 5.38. The number of rotatable bonds is 2. The summed E-state index contributed by atoms with van der Waals surface area (Å²) < 4.78 is 0.816. The fraction of sp³-hybridized carbons (Fsp3) is 0.143. The van der Waals surface area contributed by atoms with Crippen molar-refractivity contribution in [2.45, 2.75) is 0 Å². The highest BCUT2D eigenvalue weighted by Crippen LogP contribution is 2.21. The first-order valence-corrected chi connectivity index (χ1v) is 4.14. The van der Waals surface area contributed by atoms with Gasteiger partial charge in [0.2, 0.25) is 0 Å². The van der Waals surface area contributed by atoms with Crippen LogP contribution in [0, 0.1) is 0 Å². The highest BCUT2D eigenvalue weighted by Gasteiger charge is 1.90. The quantitative estimate of drug-likeness (QED) is 0.730. The summed E-state index contributed by atoms with van der Waals surface area (Å²) in [6.45, 7) is 0.579. The smallest absolute Gasteiger partial charge is 0.0934 e. The number of nitrogens with two attached hydrogens (primary N) is 1. The van der Waals surface area contributed by atoms with E-state index in [1.54, 1.807) is 11.3 Å². The first-order chi connectivity index (χ1) is 4.83. The van der Waals surface area contributed by atoms with Gasteiger partial charge in [-0.2, -0.15) is 0 Å². The van der Waals surface area contributed by atoms with Crippen LogP contribution in [-0.2, 0) is 0 Å². The molecule has 1 heterocycles. The average Bonchev–Trinajstić information content (AvgIpc) is 2.31. The molecule has 1 rings (SSSR count). The van der Waals surface area contributed by atoms with Crippen molar-refractivity contribution in [3.8, 4) is 0 Å². The lowest BCUT2D eigenvalue weighted by atomic mass is 10.4. The van der Waals surface area contributed by atoms with Crippen LogP contribution in [0.25, 0.3) is 6.08 Å². The van der Waals surface area contributed by atoms with E-state index in [0.717, 1.165) is 9.21 Å². The molecule has 0 aliphatic rings. The van der Waals surface area contributed by atoms with Crippen LogP contribution >= 0.6 is 22.9 Å². The van der Waals surface area contributed by atoms with Gasteiger partial charge in [0.15, 0.2) is 0 Å². The van der Waals surface area contributed by atoms with Crippen molar-refractivity contribution in [2.75, 3.05) is 6.54 Å². The molecular weight excluding hydrogens is 166 g/mol. The van der Waals surface area contributed by atoms with Gasteiger partial charge in [0, 0.05) is 11.4 Å². The molecule has 0 spiro atoms. The standard InChI is InChI=1S/C7H8ClNS/c8-7-4-3-6(10-7)2-1-5-9/h1-4H,5,9H2. The zero-order valence-corrected chi connectivity index (χ0v) is 6.95. The van der Waals surface area contributed by atoms with E-state index in [4.69, 9.17) is 17.3 Å². The largest absolute Gasteiger partial charge is 0.327 e. The Morgan fingerprint density at radius 3 is 2.90 bits per heavy atom. The van der Waals surface area contributed by atoms with Gasteiger partial charge >= 0.3 is 0 Å². The average molecular weight is 174 g/mol. The molecule has 0 aliphatic heterocycles. The number of thiophene rings is 1. The summed E-state index contributed by atoms with van der Waals surface area (Å²) in [5.41, 5.74) is 5.27. The van der Waals surface area contributed by atoms with Crippen LogP contribution in [0.4, 0.5) is 0 Å². The fourth-order valence-corrected chi connectivity index (χ4v) is 1.59. The third-order valence-corrected chi connectivity index (χ3v) is 2.21. The molecule has 0 aromatic carbocycles. The van der Waals surface area contributed by atoms with Crippen LogP contribution in [-0.4, -0.2) is 6.54 Å². The summed E-state index contributed by atoms with van der Waals surface area (Å²) in [7, 11) is 0. The molecule has 0 atom stereocenters. The van der Waals surface area contributed by atoms with Crippen LogP contribution < -0.4 is 5.73 Å². The van der Waals surface area contributed by atoms with Crippen LogP contribution in [0.1, 0.15) is 4.88 Å². The molecular formula is C7H8ClNS. The van der Waals surface area contributed by atoms with Crippen molar-refractivity contribution in [1.82, 2.24) is 0 Å². The lowest BCUT2D eigenvalue weighted by Crippen LogP contribution is -1.91. The van der Waals surface area contributed by atoms with E-state index in [0.29, 0.717) is 6.54 Å². The Morgan fingerprint density at radius 1 is 1.60 bits per heavy atom. The Hall–Kier alpha value is -0.310. The Balaban J connectivity index is 2.67. The van der Waals surface area contributed by atoms with Crippen molar-refractivity contribution in [3.05, 3.63) is 27.4 Å². The summed E-state index contributed by atoms with van der Waals surface area (Å²) in [6.07, 6.45) is 3.87. The summed E-state index contributed by atoms with van der Waals surface area (Å²) in [6, 6.07) is 3.85. The zero-order chi connectivity index (χ0) is 7.40. The Labute approximate surface area is 69.1 Å². The molecule has 3 heteroatoms. The molecule has 0 aliphatic carbocycles. The van der Waals surface area contributed by atoms with Gasteiger partial charge < -0.3 is 5.73 Å². The van der Waals surface area contributed by atoms with Gasteiger partial charge in [0.05, 0.1) is 4.34 Å². The second-order valence-electron chi connectivity index (χ2n) is 1.78. The van der Waals surface area contributed by atoms with Gasteiger partial charge in [-0.3, -0.25) is 0 Å². The lowest BCUT2D eigenvalue weighted by Gasteiger charge is -1.79. The predicted octanol–water partition coefficient (Wildman–Crippen LogP) is 2.37. The molecule has 10 heavy (non-hydrogen) atoms. The normalized spacial score (nSPS) is 11.0. The van der Waals surface area contributed by atoms with E-state index in [-0.39, 0.29) is 0 Å². The van der Waals surface area contributed by atoms with Crippen LogP contribution in [0.5, 0.6) is 0 Å².